The fourth-order valence-corrected chi connectivity index (χ4v) is 6.19. The summed E-state index contributed by atoms with van der Waals surface area (Å²) in [7, 11) is 0.880. The summed E-state index contributed by atoms with van der Waals surface area (Å²) in [6.07, 6.45) is 6.95. The zero-order chi connectivity index (χ0) is 28.3. The summed E-state index contributed by atoms with van der Waals surface area (Å²) in [6.45, 7) is -0.00156. The van der Waals surface area contributed by atoms with Crippen LogP contribution in [0, 0.1) is 0 Å². The molecular formula is C28H31N5O6S. The van der Waals surface area contributed by atoms with Gasteiger partial charge in [0.05, 0.1) is 26.1 Å². The van der Waals surface area contributed by atoms with Crippen LogP contribution in [0.3, 0.4) is 0 Å². The van der Waals surface area contributed by atoms with Crippen LogP contribution in [0.15, 0.2) is 70.6 Å². The van der Waals surface area contributed by atoms with Gasteiger partial charge < -0.3 is 18.8 Å². The highest BCUT2D eigenvalue weighted by Gasteiger charge is 2.26. The number of nitrogens with zero attached hydrogens (tertiary/aromatic N) is 4. The maximum atomic E-state index is 13.5. The quantitative estimate of drug-likeness (QED) is 0.310. The van der Waals surface area contributed by atoms with Gasteiger partial charge in [-0.05, 0) is 54.3 Å². The first-order valence-electron chi connectivity index (χ1n) is 12.9. The van der Waals surface area contributed by atoms with E-state index in [0.29, 0.717) is 34.0 Å². The lowest BCUT2D eigenvalue weighted by atomic mass is 10.1. The molecule has 2 heterocycles. The van der Waals surface area contributed by atoms with Crippen molar-refractivity contribution in [1.82, 2.24) is 24.3 Å². The summed E-state index contributed by atoms with van der Waals surface area (Å²) in [6, 6.07) is 13.3. The third kappa shape index (κ3) is 5.87. The Kier molecular flexibility index (Phi) is 7.90. The number of rotatable bonds is 10. The van der Waals surface area contributed by atoms with Gasteiger partial charge in [-0.25, -0.2) is 17.8 Å². The largest absolute Gasteiger partial charge is 0.493 e. The molecule has 0 aliphatic heterocycles. The molecule has 210 valence electrons. The number of nitrogens with one attached hydrogen (secondary N) is 1. The monoisotopic (exact) mass is 565 g/mol. The predicted octanol–water partition coefficient (Wildman–Crippen LogP) is 3.45. The second kappa shape index (κ2) is 11.5. The Balaban J connectivity index is 1.42. The zero-order valence-corrected chi connectivity index (χ0v) is 23.3. The molecule has 0 unspecified atom stereocenters. The Labute approximate surface area is 232 Å². The highest BCUT2D eigenvalue weighted by molar-refractivity contribution is 7.89. The zero-order valence-electron chi connectivity index (χ0n) is 22.5. The molecule has 2 aromatic carbocycles. The molecule has 0 saturated heterocycles. The van der Waals surface area contributed by atoms with Gasteiger partial charge in [0.15, 0.2) is 11.5 Å². The summed E-state index contributed by atoms with van der Waals surface area (Å²) in [5.74, 6) is 1.34. The van der Waals surface area contributed by atoms with E-state index in [1.165, 1.54) is 10.6 Å². The van der Waals surface area contributed by atoms with Gasteiger partial charge in [0, 0.05) is 31.4 Å². The van der Waals surface area contributed by atoms with Crippen molar-refractivity contribution in [1.29, 1.82) is 0 Å². The standard InChI is InChI=1S/C28H31N5O6S/c1-32-16-20(9-13-28(32)34)19-8-11-25(27(14-19)40(35,36)30-21-6-4-5-7-21)39-18-22-17-33(31-29-22)23-10-12-24(37-2)26(15-23)38-3/h8-17,21,30H,4-7,18H2,1-3H3. The maximum absolute atomic E-state index is 13.5. The highest BCUT2D eigenvalue weighted by atomic mass is 32.2. The number of hydrogen-bond donors (Lipinski definition) is 1. The third-order valence-corrected chi connectivity index (χ3v) is 8.42. The number of methoxy groups -OCH3 is 2. The molecule has 0 spiro atoms. The van der Waals surface area contributed by atoms with Crippen LogP contribution < -0.4 is 24.5 Å². The van der Waals surface area contributed by atoms with E-state index in [2.05, 4.69) is 15.0 Å². The smallest absolute Gasteiger partial charge is 0.250 e. The second-order valence-corrected chi connectivity index (χ2v) is 11.3. The van der Waals surface area contributed by atoms with Crippen LogP contribution in [0.2, 0.25) is 0 Å². The van der Waals surface area contributed by atoms with Gasteiger partial charge in [-0.2, -0.15) is 0 Å². The fourth-order valence-electron chi connectivity index (χ4n) is 4.72. The van der Waals surface area contributed by atoms with E-state index in [9.17, 15) is 13.2 Å². The Morgan fingerprint density at radius 2 is 1.65 bits per heavy atom. The molecule has 1 saturated carbocycles. The molecule has 0 amide bonds. The van der Waals surface area contributed by atoms with Crippen LogP contribution >= 0.6 is 0 Å². The molecule has 0 bridgehead atoms. The Morgan fingerprint density at radius 1 is 0.925 bits per heavy atom. The van der Waals surface area contributed by atoms with Gasteiger partial charge in [0.2, 0.25) is 15.6 Å². The number of sulfonamides is 1. The first kappa shape index (κ1) is 27.4. The predicted molar refractivity (Wildman–Crippen MR) is 148 cm³/mol. The Hall–Kier alpha value is -4.16. The van der Waals surface area contributed by atoms with E-state index >= 15 is 0 Å². The number of ether oxygens (including phenoxy) is 3. The number of aryl methyl sites for hydroxylation is 1. The van der Waals surface area contributed by atoms with Crippen molar-refractivity contribution in [3.8, 4) is 34.1 Å². The molecule has 4 aromatic rings. The minimum Gasteiger partial charge on any atom is -0.493 e. The van der Waals surface area contributed by atoms with E-state index in [4.69, 9.17) is 14.2 Å². The Bertz CT molecular complexity index is 1670. The van der Waals surface area contributed by atoms with E-state index in [-0.39, 0.29) is 28.9 Å². The average molecular weight is 566 g/mol. The SMILES string of the molecule is COc1ccc(-n2cc(COc3ccc(-c4ccc(=O)n(C)c4)cc3S(=O)(=O)NC3CCCC3)nn2)cc1OC. The first-order valence-corrected chi connectivity index (χ1v) is 14.4. The van der Waals surface area contributed by atoms with Crippen LogP contribution in [0.1, 0.15) is 31.4 Å². The lowest BCUT2D eigenvalue weighted by molar-refractivity contribution is 0.293. The van der Waals surface area contributed by atoms with Gasteiger partial charge >= 0.3 is 0 Å². The fraction of sp³-hybridized carbons (Fsp3) is 0.321. The first-order chi connectivity index (χ1) is 19.3. The van der Waals surface area contributed by atoms with Crippen LogP contribution in [0.4, 0.5) is 0 Å². The van der Waals surface area contributed by atoms with Gasteiger partial charge in [-0.3, -0.25) is 4.79 Å². The molecule has 11 nitrogen and oxygen atoms in total. The molecule has 1 aliphatic carbocycles. The lowest BCUT2D eigenvalue weighted by Gasteiger charge is -2.17. The summed E-state index contributed by atoms with van der Waals surface area (Å²) in [5.41, 5.74) is 2.42. The van der Waals surface area contributed by atoms with Crippen LogP contribution in [0.25, 0.3) is 16.8 Å². The number of hydrogen-bond acceptors (Lipinski definition) is 8. The number of aromatic nitrogens is 4. The van der Waals surface area contributed by atoms with E-state index in [1.54, 1.807) is 74.7 Å². The third-order valence-electron chi connectivity index (χ3n) is 6.88. The van der Waals surface area contributed by atoms with Crippen molar-refractivity contribution < 1.29 is 22.6 Å². The van der Waals surface area contributed by atoms with Gasteiger partial charge in [-0.15, -0.1) is 5.10 Å². The molecule has 5 rings (SSSR count). The van der Waals surface area contributed by atoms with E-state index < -0.39 is 10.0 Å². The lowest BCUT2D eigenvalue weighted by Crippen LogP contribution is -2.33. The summed E-state index contributed by atoms with van der Waals surface area (Å²) < 4.78 is 49.6. The minimum absolute atomic E-state index is 0.00156. The molecule has 0 atom stereocenters. The molecule has 1 N–H and O–H groups in total. The molecule has 2 aromatic heterocycles. The van der Waals surface area contributed by atoms with Crippen LogP contribution in [0.5, 0.6) is 17.2 Å². The molecule has 12 heteroatoms. The number of pyridine rings is 1. The van der Waals surface area contributed by atoms with Crippen molar-refractivity contribution in [3.05, 3.63) is 77.0 Å². The van der Waals surface area contributed by atoms with Crippen molar-refractivity contribution in [2.75, 3.05) is 14.2 Å². The maximum Gasteiger partial charge on any atom is 0.250 e. The van der Waals surface area contributed by atoms with Crippen molar-refractivity contribution in [3.63, 3.8) is 0 Å². The second-order valence-electron chi connectivity index (χ2n) is 9.61. The van der Waals surface area contributed by atoms with Crippen molar-refractivity contribution in [2.24, 2.45) is 7.05 Å². The molecule has 0 radical (unpaired) electrons. The van der Waals surface area contributed by atoms with Crippen LogP contribution in [-0.2, 0) is 23.7 Å². The molecular weight excluding hydrogens is 534 g/mol. The highest BCUT2D eigenvalue weighted by Crippen LogP contribution is 2.32. The van der Waals surface area contributed by atoms with E-state index in [1.807, 2.05) is 6.07 Å². The van der Waals surface area contributed by atoms with Gasteiger partial charge in [-0.1, -0.05) is 24.1 Å². The normalized spacial score (nSPS) is 13.9. The summed E-state index contributed by atoms with van der Waals surface area (Å²) in [4.78, 5) is 11.9. The summed E-state index contributed by atoms with van der Waals surface area (Å²) in [5, 5.41) is 8.35. The Morgan fingerprint density at radius 3 is 2.38 bits per heavy atom. The topological polar surface area (TPSA) is 127 Å². The van der Waals surface area contributed by atoms with Gasteiger partial charge in [0.25, 0.3) is 0 Å². The van der Waals surface area contributed by atoms with Crippen molar-refractivity contribution >= 4 is 10.0 Å². The molecule has 1 aliphatic rings. The van der Waals surface area contributed by atoms with Crippen molar-refractivity contribution in [2.45, 2.75) is 43.2 Å². The minimum atomic E-state index is -3.89. The summed E-state index contributed by atoms with van der Waals surface area (Å²) >= 11 is 0. The average Bonchev–Trinajstić information content (AvgIpc) is 3.65. The van der Waals surface area contributed by atoms with E-state index in [0.717, 1.165) is 25.7 Å². The van der Waals surface area contributed by atoms with Gasteiger partial charge in [0.1, 0.15) is 22.9 Å². The van der Waals surface area contributed by atoms with Crippen LogP contribution in [-0.4, -0.2) is 48.2 Å². The number of benzene rings is 2. The molecule has 40 heavy (non-hydrogen) atoms. The molecule has 1 fully saturated rings.